The molecule has 0 aliphatic carbocycles. The SMILES string of the molecule is COC(=O)c1cc(Nc2ncnc(N3CCN(c4ccc(F)cc4)CC3)c2[N+](=O)[O-])cc(C(=O)OC)c1. The third-order valence-electron chi connectivity index (χ3n) is 5.79. The van der Waals surface area contributed by atoms with Crippen molar-refractivity contribution in [2.45, 2.75) is 0 Å². The van der Waals surface area contributed by atoms with E-state index in [0.29, 0.717) is 26.2 Å². The molecule has 0 spiro atoms. The van der Waals surface area contributed by atoms with Gasteiger partial charge in [0, 0.05) is 37.6 Å². The summed E-state index contributed by atoms with van der Waals surface area (Å²) in [5.74, 6) is -1.72. The van der Waals surface area contributed by atoms with Crippen LogP contribution in [0.2, 0.25) is 0 Å². The molecule has 192 valence electrons. The Balaban J connectivity index is 1.62. The minimum Gasteiger partial charge on any atom is -0.465 e. The van der Waals surface area contributed by atoms with Gasteiger partial charge in [-0.3, -0.25) is 10.1 Å². The quantitative estimate of drug-likeness (QED) is 0.285. The Morgan fingerprint density at radius 1 is 0.946 bits per heavy atom. The molecule has 1 N–H and O–H groups in total. The minimum absolute atomic E-state index is 0.0433. The number of nitrogens with zero attached hydrogens (tertiary/aromatic N) is 5. The third-order valence-corrected chi connectivity index (χ3v) is 5.79. The second kappa shape index (κ2) is 10.8. The lowest BCUT2D eigenvalue weighted by atomic mass is 10.1. The van der Waals surface area contributed by atoms with Gasteiger partial charge in [-0.1, -0.05) is 0 Å². The predicted molar refractivity (Wildman–Crippen MR) is 132 cm³/mol. The van der Waals surface area contributed by atoms with E-state index in [1.165, 1.54) is 50.9 Å². The van der Waals surface area contributed by atoms with Crippen molar-refractivity contribution in [2.75, 3.05) is 55.5 Å². The van der Waals surface area contributed by atoms with Gasteiger partial charge in [-0.25, -0.2) is 23.9 Å². The summed E-state index contributed by atoms with van der Waals surface area (Å²) in [7, 11) is 2.38. The van der Waals surface area contributed by atoms with E-state index in [1.807, 2.05) is 0 Å². The second-order valence-electron chi connectivity index (χ2n) is 8.01. The Kier molecular flexibility index (Phi) is 7.41. The molecule has 12 nitrogen and oxygen atoms in total. The topological polar surface area (TPSA) is 140 Å². The van der Waals surface area contributed by atoms with Gasteiger partial charge in [0.2, 0.25) is 11.6 Å². The highest BCUT2D eigenvalue weighted by atomic mass is 19.1. The Labute approximate surface area is 210 Å². The molecule has 1 fully saturated rings. The first-order valence-corrected chi connectivity index (χ1v) is 11.1. The molecule has 1 saturated heterocycles. The van der Waals surface area contributed by atoms with E-state index in [0.717, 1.165) is 5.69 Å². The number of piperazine rings is 1. The lowest BCUT2D eigenvalue weighted by Crippen LogP contribution is -2.47. The zero-order valence-corrected chi connectivity index (χ0v) is 20.0. The Morgan fingerprint density at radius 2 is 1.51 bits per heavy atom. The van der Waals surface area contributed by atoms with Crippen LogP contribution >= 0.6 is 0 Å². The van der Waals surface area contributed by atoms with Gasteiger partial charge in [0.25, 0.3) is 0 Å². The smallest absolute Gasteiger partial charge is 0.353 e. The number of carbonyl (C=O) groups excluding carboxylic acids is 2. The summed E-state index contributed by atoms with van der Waals surface area (Å²) in [5.41, 5.74) is 0.772. The van der Waals surface area contributed by atoms with Crippen LogP contribution < -0.4 is 15.1 Å². The van der Waals surface area contributed by atoms with Crippen molar-refractivity contribution in [3.63, 3.8) is 0 Å². The van der Waals surface area contributed by atoms with Crippen LogP contribution in [0.4, 0.5) is 33.1 Å². The minimum atomic E-state index is -0.703. The summed E-state index contributed by atoms with van der Waals surface area (Å²) in [6.07, 6.45) is 1.20. The van der Waals surface area contributed by atoms with Gasteiger partial charge in [-0.2, -0.15) is 0 Å². The monoisotopic (exact) mass is 510 g/mol. The van der Waals surface area contributed by atoms with Crippen molar-refractivity contribution in [2.24, 2.45) is 0 Å². The van der Waals surface area contributed by atoms with E-state index in [4.69, 9.17) is 9.47 Å². The van der Waals surface area contributed by atoms with Crippen LogP contribution in [0.15, 0.2) is 48.8 Å². The van der Waals surface area contributed by atoms with Gasteiger partial charge >= 0.3 is 17.6 Å². The summed E-state index contributed by atoms with van der Waals surface area (Å²) in [5, 5.41) is 14.9. The normalized spacial score (nSPS) is 13.2. The molecule has 0 unspecified atom stereocenters. The molecule has 1 aromatic heterocycles. The molecule has 3 aromatic rings. The molecule has 1 aliphatic rings. The molecule has 37 heavy (non-hydrogen) atoms. The number of nitro groups is 1. The number of benzene rings is 2. The fourth-order valence-corrected chi connectivity index (χ4v) is 4.00. The summed E-state index contributed by atoms with van der Waals surface area (Å²) < 4.78 is 22.7. The summed E-state index contributed by atoms with van der Waals surface area (Å²) in [4.78, 5) is 47.7. The van der Waals surface area contributed by atoms with Crippen LogP contribution in [0.3, 0.4) is 0 Å². The van der Waals surface area contributed by atoms with Crippen molar-refractivity contribution >= 4 is 40.6 Å². The molecular formula is C24H23FN6O6. The lowest BCUT2D eigenvalue weighted by Gasteiger charge is -2.36. The Hall–Kier alpha value is -4.81. The molecule has 0 bridgehead atoms. The van der Waals surface area contributed by atoms with Gasteiger partial charge < -0.3 is 24.6 Å². The van der Waals surface area contributed by atoms with E-state index in [-0.39, 0.29) is 40.0 Å². The van der Waals surface area contributed by atoms with Crippen LogP contribution in [0.5, 0.6) is 0 Å². The number of carbonyl (C=O) groups is 2. The van der Waals surface area contributed by atoms with E-state index in [2.05, 4.69) is 20.2 Å². The van der Waals surface area contributed by atoms with Crippen molar-refractivity contribution in [3.05, 3.63) is 75.9 Å². The highest BCUT2D eigenvalue weighted by Crippen LogP contribution is 2.35. The fraction of sp³-hybridized carbons (Fsp3) is 0.250. The zero-order valence-electron chi connectivity index (χ0n) is 20.0. The van der Waals surface area contributed by atoms with Crippen molar-refractivity contribution in [1.82, 2.24) is 9.97 Å². The number of ether oxygens (including phenoxy) is 2. The summed E-state index contributed by atoms with van der Waals surface area (Å²) >= 11 is 0. The molecule has 4 rings (SSSR count). The molecular weight excluding hydrogens is 487 g/mol. The van der Waals surface area contributed by atoms with Crippen molar-refractivity contribution in [1.29, 1.82) is 0 Å². The lowest BCUT2D eigenvalue weighted by molar-refractivity contribution is -0.383. The number of esters is 2. The Morgan fingerprint density at radius 3 is 2.05 bits per heavy atom. The van der Waals surface area contributed by atoms with Gasteiger partial charge in [-0.05, 0) is 42.5 Å². The van der Waals surface area contributed by atoms with E-state index in [1.54, 1.807) is 17.0 Å². The van der Waals surface area contributed by atoms with E-state index >= 15 is 0 Å². The average molecular weight is 510 g/mol. The van der Waals surface area contributed by atoms with E-state index in [9.17, 15) is 24.1 Å². The number of rotatable bonds is 7. The maximum atomic E-state index is 13.3. The predicted octanol–water partition coefficient (Wildman–Crippen LogP) is 3.17. The number of aromatic nitrogens is 2. The molecule has 0 saturated carbocycles. The van der Waals surface area contributed by atoms with E-state index < -0.39 is 16.9 Å². The number of halogens is 1. The number of methoxy groups -OCH3 is 2. The van der Waals surface area contributed by atoms with Crippen LogP contribution in [0, 0.1) is 15.9 Å². The second-order valence-corrected chi connectivity index (χ2v) is 8.01. The van der Waals surface area contributed by atoms with Crippen LogP contribution in [0.25, 0.3) is 0 Å². The maximum absolute atomic E-state index is 13.3. The van der Waals surface area contributed by atoms with Gasteiger partial charge in [-0.15, -0.1) is 0 Å². The van der Waals surface area contributed by atoms with Crippen LogP contribution in [0.1, 0.15) is 20.7 Å². The molecule has 13 heteroatoms. The fourth-order valence-electron chi connectivity index (χ4n) is 4.00. The first-order chi connectivity index (χ1) is 17.8. The largest absolute Gasteiger partial charge is 0.465 e. The number of hydrogen-bond acceptors (Lipinski definition) is 11. The number of hydrogen-bond donors (Lipinski definition) is 1. The highest BCUT2D eigenvalue weighted by Gasteiger charge is 2.30. The standard InChI is InChI=1S/C24H23FN6O6/c1-36-23(32)15-11-16(24(33)37-2)13-18(12-15)28-21-20(31(34)35)22(27-14-26-21)30-9-7-29(8-10-30)19-5-3-17(25)4-6-19/h3-6,11-14H,7-10H2,1-2H3,(H,26,27,28). The maximum Gasteiger partial charge on any atom is 0.353 e. The van der Waals surface area contributed by atoms with Crippen molar-refractivity contribution < 1.29 is 28.4 Å². The molecule has 2 heterocycles. The Bertz CT molecular complexity index is 1290. The van der Waals surface area contributed by atoms with Crippen LogP contribution in [-0.4, -0.2) is 67.2 Å². The van der Waals surface area contributed by atoms with Crippen LogP contribution in [-0.2, 0) is 9.47 Å². The van der Waals surface area contributed by atoms with Crippen molar-refractivity contribution in [3.8, 4) is 0 Å². The number of anilines is 4. The van der Waals surface area contributed by atoms with Gasteiger partial charge in [0.15, 0.2) is 0 Å². The third kappa shape index (κ3) is 5.55. The molecule has 0 radical (unpaired) electrons. The summed E-state index contributed by atoms with van der Waals surface area (Å²) in [6.45, 7) is 1.94. The molecule has 1 aliphatic heterocycles. The summed E-state index contributed by atoms with van der Waals surface area (Å²) in [6, 6.07) is 10.2. The number of nitrogens with one attached hydrogen (secondary N) is 1. The first-order valence-electron chi connectivity index (χ1n) is 11.1. The van der Waals surface area contributed by atoms with Gasteiger partial charge in [0.1, 0.15) is 12.1 Å². The zero-order chi connectivity index (χ0) is 26.5. The average Bonchev–Trinajstić information content (AvgIpc) is 2.92. The molecule has 0 amide bonds. The molecule has 0 atom stereocenters. The molecule has 2 aromatic carbocycles. The first kappa shape index (κ1) is 25.3. The highest BCUT2D eigenvalue weighted by molar-refractivity contribution is 5.97. The van der Waals surface area contributed by atoms with Gasteiger partial charge in [0.05, 0.1) is 30.3 Å².